The lowest BCUT2D eigenvalue weighted by Gasteiger charge is -2.19. The predicted molar refractivity (Wildman–Crippen MR) is 97.1 cm³/mol. The summed E-state index contributed by atoms with van der Waals surface area (Å²) < 4.78 is 64.2. The number of rotatable bonds is 5. The lowest BCUT2D eigenvalue weighted by molar-refractivity contribution is -0.144. The van der Waals surface area contributed by atoms with E-state index in [1.54, 1.807) is 19.9 Å². The lowest BCUT2D eigenvalue weighted by Crippen LogP contribution is -2.12. The van der Waals surface area contributed by atoms with Gasteiger partial charge in [-0.3, -0.25) is 0 Å². The van der Waals surface area contributed by atoms with Gasteiger partial charge in [0.05, 0.1) is 10.6 Å². The third-order valence-electron chi connectivity index (χ3n) is 3.98. The Morgan fingerprint density at radius 1 is 1.11 bits per heavy atom. The van der Waals surface area contributed by atoms with Gasteiger partial charge in [0.1, 0.15) is 0 Å². The number of alkyl halides is 3. The number of benzene rings is 1. The number of hydrogen-bond donors (Lipinski definition) is 1. The van der Waals surface area contributed by atoms with Crippen molar-refractivity contribution in [1.82, 2.24) is 14.8 Å². The van der Waals surface area contributed by atoms with E-state index in [-0.39, 0.29) is 28.4 Å². The fraction of sp³-hybridized carbons (Fsp3) is 0.500. The second kappa shape index (κ2) is 7.31. The molecule has 0 aliphatic heterocycles. The summed E-state index contributed by atoms with van der Waals surface area (Å²) in [5.41, 5.74) is 1.28. The van der Waals surface area contributed by atoms with Gasteiger partial charge in [0.15, 0.2) is 0 Å². The molecule has 0 aliphatic rings. The Morgan fingerprint density at radius 2 is 1.67 bits per heavy atom. The van der Waals surface area contributed by atoms with Gasteiger partial charge < -0.3 is 5.32 Å². The molecular formula is C16H20ClF3N4O2S. The van der Waals surface area contributed by atoms with Crippen molar-refractivity contribution < 1.29 is 21.6 Å². The van der Waals surface area contributed by atoms with E-state index < -0.39 is 21.1 Å². The van der Waals surface area contributed by atoms with E-state index in [0.29, 0.717) is 11.1 Å². The molecule has 1 aromatic heterocycles. The summed E-state index contributed by atoms with van der Waals surface area (Å²) in [7, 11) is 2.86. The normalized spacial score (nSPS) is 12.9. The van der Waals surface area contributed by atoms with Crippen LogP contribution in [0.5, 0.6) is 0 Å². The van der Waals surface area contributed by atoms with Crippen molar-refractivity contribution in [3.8, 4) is 5.69 Å². The average molecular weight is 425 g/mol. The van der Waals surface area contributed by atoms with E-state index in [9.17, 15) is 21.6 Å². The van der Waals surface area contributed by atoms with Crippen molar-refractivity contribution >= 4 is 25.7 Å². The van der Waals surface area contributed by atoms with E-state index in [0.717, 1.165) is 4.68 Å². The minimum absolute atomic E-state index is 0.118. The minimum Gasteiger partial charge on any atom is -0.357 e. The molecule has 0 spiro atoms. The summed E-state index contributed by atoms with van der Waals surface area (Å²) in [5.74, 6) is -1.78. The number of nitrogens with one attached hydrogen (secondary N) is 1. The summed E-state index contributed by atoms with van der Waals surface area (Å²) in [4.78, 5) is 3.30. The van der Waals surface area contributed by atoms with E-state index >= 15 is 0 Å². The van der Waals surface area contributed by atoms with Crippen LogP contribution < -0.4 is 5.32 Å². The number of aromatic nitrogens is 3. The number of nitrogens with zero attached hydrogens (tertiary/aromatic N) is 3. The Bertz CT molecular complexity index is 953. The average Bonchev–Trinajstić information content (AvgIpc) is 2.96. The Hall–Kier alpha value is -1.81. The van der Waals surface area contributed by atoms with Gasteiger partial charge in [-0.25, -0.2) is 8.42 Å². The van der Waals surface area contributed by atoms with Crippen LogP contribution in [-0.4, -0.2) is 30.2 Å². The maximum absolute atomic E-state index is 13.0. The highest BCUT2D eigenvalue weighted by molar-refractivity contribution is 8.13. The Morgan fingerprint density at radius 3 is 2.07 bits per heavy atom. The predicted octanol–water partition coefficient (Wildman–Crippen LogP) is 4.50. The van der Waals surface area contributed by atoms with Crippen molar-refractivity contribution in [3.63, 3.8) is 0 Å². The van der Waals surface area contributed by atoms with Gasteiger partial charge in [-0.2, -0.15) is 22.8 Å². The molecule has 0 unspecified atom stereocenters. The smallest absolute Gasteiger partial charge is 0.357 e. The van der Waals surface area contributed by atoms with Crippen LogP contribution in [0.3, 0.4) is 0 Å². The van der Waals surface area contributed by atoms with Crippen LogP contribution >= 0.6 is 10.7 Å². The number of anilines is 1. The fourth-order valence-corrected chi connectivity index (χ4v) is 3.90. The first kappa shape index (κ1) is 21.5. The van der Waals surface area contributed by atoms with Crippen LogP contribution in [0.15, 0.2) is 17.0 Å². The summed E-state index contributed by atoms with van der Waals surface area (Å²) in [6.45, 7) is 7.30. The first-order chi connectivity index (χ1) is 12.3. The molecule has 0 radical (unpaired) electrons. The van der Waals surface area contributed by atoms with Crippen LogP contribution in [0.1, 0.15) is 56.5 Å². The van der Waals surface area contributed by atoms with Crippen LogP contribution in [0.4, 0.5) is 19.1 Å². The highest BCUT2D eigenvalue weighted by Gasteiger charge is 2.37. The molecule has 2 aromatic rings. The van der Waals surface area contributed by atoms with Gasteiger partial charge in [0.25, 0.3) is 14.9 Å². The molecule has 2 rings (SSSR count). The molecule has 0 atom stereocenters. The Kier molecular flexibility index (Phi) is 5.82. The largest absolute Gasteiger partial charge is 0.453 e. The molecular weight excluding hydrogens is 405 g/mol. The van der Waals surface area contributed by atoms with Gasteiger partial charge >= 0.3 is 6.18 Å². The second-order valence-electron chi connectivity index (χ2n) is 6.61. The monoisotopic (exact) mass is 424 g/mol. The van der Waals surface area contributed by atoms with Crippen molar-refractivity contribution in [1.29, 1.82) is 0 Å². The van der Waals surface area contributed by atoms with E-state index in [4.69, 9.17) is 10.7 Å². The fourth-order valence-electron chi connectivity index (χ4n) is 2.67. The topological polar surface area (TPSA) is 76.9 Å². The van der Waals surface area contributed by atoms with Crippen LogP contribution in [0.2, 0.25) is 0 Å². The summed E-state index contributed by atoms with van der Waals surface area (Å²) >= 11 is 0. The zero-order valence-electron chi connectivity index (χ0n) is 15.4. The van der Waals surface area contributed by atoms with Crippen LogP contribution in [0.25, 0.3) is 5.69 Å². The highest BCUT2D eigenvalue weighted by atomic mass is 35.7. The summed E-state index contributed by atoms with van der Waals surface area (Å²) in [5, 5.41) is 6.10. The molecule has 0 amide bonds. The van der Waals surface area contributed by atoms with Crippen molar-refractivity contribution in [2.75, 3.05) is 12.4 Å². The highest BCUT2D eigenvalue weighted by Crippen LogP contribution is 2.36. The molecule has 0 saturated carbocycles. The third-order valence-corrected chi connectivity index (χ3v) is 5.36. The summed E-state index contributed by atoms with van der Waals surface area (Å²) in [6.07, 6.45) is -4.74. The molecule has 1 heterocycles. The van der Waals surface area contributed by atoms with Gasteiger partial charge in [-0.05, 0) is 29.0 Å². The first-order valence-electron chi connectivity index (χ1n) is 8.12. The molecule has 27 heavy (non-hydrogen) atoms. The van der Waals surface area contributed by atoms with Gasteiger partial charge in [-0.1, -0.05) is 33.8 Å². The zero-order chi connectivity index (χ0) is 20.7. The molecule has 0 bridgehead atoms. The lowest BCUT2D eigenvalue weighted by atomic mass is 9.94. The molecule has 0 saturated heterocycles. The summed E-state index contributed by atoms with van der Waals surface area (Å²) in [6, 6.07) is 2.90. The first-order valence-corrected chi connectivity index (χ1v) is 10.4. The molecule has 1 aromatic carbocycles. The molecule has 0 aliphatic carbocycles. The van der Waals surface area contributed by atoms with Gasteiger partial charge in [0, 0.05) is 17.7 Å². The maximum Gasteiger partial charge on any atom is 0.453 e. The standard InChI is InChI=1S/C16H20ClF3N4O2S/c1-8(2)10-6-11(9(3)4)13(27(17,25)26)7-12(10)24-15(21-5)22-14(23-24)16(18,19)20/h6-9H,1-5H3,(H,21,22,23). The third kappa shape index (κ3) is 4.37. The Balaban J connectivity index is 2.90. The van der Waals surface area contributed by atoms with Crippen molar-refractivity contribution in [2.24, 2.45) is 0 Å². The Labute approximate surface area is 160 Å². The minimum atomic E-state index is -4.74. The maximum atomic E-state index is 13.0. The number of hydrogen-bond acceptors (Lipinski definition) is 5. The van der Waals surface area contributed by atoms with E-state index in [1.807, 2.05) is 13.8 Å². The van der Waals surface area contributed by atoms with Gasteiger partial charge in [0.2, 0.25) is 5.95 Å². The SMILES string of the molecule is CNc1nc(C(F)(F)F)nn1-c1cc(S(=O)(=O)Cl)c(C(C)C)cc1C(C)C. The zero-order valence-corrected chi connectivity index (χ0v) is 17.0. The van der Waals surface area contributed by atoms with Gasteiger partial charge in [-0.15, -0.1) is 5.10 Å². The van der Waals surface area contributed by atoms with Crippen LogP contribution in [-0.2, 0) is 15.2 Å². The van der Waals surface area contributed by atoms with E-state index in [1.165, 1.54) is 13.1 Å². The quantitative estimate of drug-likeness (QED) is 0.715. The number of halogens is 4. The van der Waals surface area contributed by atoms with Crippen molar-refractivity contribution in [3.05, 3.63) is 29.1 Å². The van der Waals surface area contributed by atoms with E-state index in [2.05, 4.69) is 15.4 Å². The molecule has 11 heteroatoms. The molecule has 0 fully saturated rings. The second-order valence-corrected chi connectivity index (χ2v) is 9.15. The molecule has 6 nitrogen and oxygen atoms in total. The molecule has 1 N–H and O–H groups in total. The van der Waals surface area contributed by atoms with Crippen molar-refractivity contribution in [2.45, 2.75) is 50.6 Å². The molecule has 150 valence electrons. The van der Waals surface area contributed by atoms with Crippen LogP contribution in [0, 0.1) is 0 Å².